The Bertz CT molecular complexity index is 799. The lowest BCUT2D eigenvalue weighted by Crippen LogP contribution is -2.47. The molecule has 1 aromatic heterocycles. The highest BCUT2D eigenvalue weighted by Gasteiger charge is 2.41. The van der Waals surface area contributed by atoms with Gasteiger partial charge in [-0.05, 0) is 25.0 Å². The first-order valence-electron chi connectivity index (χ1n) is 8.70. The molecule has 2 aromatic rings. The van der Waals surface area contributed by atoms with Crippen LogP contribution < -0.4 is 21.5 Å². The molecule has 1 saturated heterocycles. The fraction of sp³-hybridized carbons (Fsp3) is 0.471. The van der Waals surface area contributed by atoms with Crippen LogP contribution in [-0.4, -0.2) is 40.1 Å². The predicted octanol–water partition coefficient (Wildman–Crippen LogP) is 2.44. The Labute approximate surface area is 160 Å². The minimum Gasteiger partial charge on any atom is -0.356 e. The maximum atomic E-state index is 11.2. The molecular weight excluding hydrogens is 372 g/mol. The van der Waals surface area contributed by atoms with E-state index in [1.807, 2.05) is 24.3 Å². The fourth-order valence-corrected chi connectivity index (χ4v) is 4.89. The summed E-state index contributed by atoms with van der Waals surface area (Å²) in [5, 5.41) is 16.5. The van der Waals surface area contributed by atoms with Crippen LogP contribution in [-0.2, 0) is 4.79 Å². The first kappa shape index (κ1) is 17.7. The van der Waals surface area contributed by atoms with Crippen LogP contribution in [0.1, 0.15) is 19.8 Å². The molecule has 7 nitrogen and oxygen atoms in total. The summed E-state index contributed by atoms with van der Waals surface area (Å²) in [7, 11) is 0. The van der Waals surface area contributed by atoms with Crippen LogP contribution in [0, 0.1) is 5.92 Å². The van der Waals surface area contributed by atoms with Crippen LogP contribution in [0.25, 0.3) is 10.6 Å². The van der Waals surface area contributed by atoms with E-state index >= 15 is 0 Å². The monoisotopic (exact) mass is 392 g/mol. The Hall–Kier alpha value is -1.74. The quantitative estimate of drug-likeness (QED) is 0.597. The zero-order chi connectivity index (χ0) is 18.1. The summed E-state index contributed by atoms with van der Waals surface area (Å²) in [4.78, 5) is 11.2. The highest BCUT2D eigenvalue weighted by atomic mass is 35.5. The van der Waals surface area contributed by atoms with Gasteiger partial charge >= 0.3 is 0 Å². The van der Waals surface area contributed by atoms with E-state index in [2.05, 4.69) is 31.7 Å². The second kappa shape index (κ2) is 7.48. The zero-order valence-electron chi connectivity index (χ0n) is 14.3. The number of hydrogen-bond donors (Lipinski definition) is 4. The standard InChI is InChI=1S/C17H21ClN6OS/c1-9(25)20-11-4-2-3-10(7-11)16-23-24-17(26-16)21-14-6-5-13-12(15(14)18)8-19-22-13/h2-4,7,12-15,19,22H,5-6,8H2,1H3,(H,20,25)(H,21,24). The molecule has 2 heterocycles. The molecule has 2 aliphatic rings. The lowest BCUT2D eigenvalue weighted by molar-refractivity contribution is -0.114. The molecule has 0 spiro atoms. The number of carbonyl (C=O) groups excluding carboxylic acids is 1. The molecule has 4 rings (SSSR count). The number of aromatic nitrogens is 2. The Balaban J connectivity index is 1.46. The number of alkyl halides is 1. The third kappa shape index (κ3) is 3.68. The minimum atomic E-state index is -0.0959. The molecule has 26 heavy (non-hydrogen) atoms. The summed E-state index contributed by atoms with van der Waals surface area (Å²) in [6, 6.07) is 8.25. The molecule has 4 unspecified atom stereocenters. The number of halogens is 1. The van der Waals surface area contributed by atoms with Gasteiger partial charge in [0.05, 0.1) is 5.38 Å². The molecule has 4 N–H and O–H groups in total. The van der Waals surface area contributed by atoms with Crippen molar-refractivity contribution in [1.82, 2.24) is 21.0 Å². The van der Waals surface area contributed by atoms with Gasteiger partial charge < -0.3 is 10.6 Å². The fourth-order valence-electron chi connectivity index (χ4n) is 3.64. The smallest absolute Gasteiger partial charge is 0.221 e. The van der Waals surface area contributed by atoms with Crippen LogP contribution in [0.5, 0.6) is 0 Å². The van der Waals surface area contributed by atoms with Crippen molar-refractivity contribution in [3.8, 4) is 10.6 Å². The number of benzene rings is 1. The van der Waals surface area contributed by atoms with Gasteiger partial charge in [0.2, 0.25) is 11.0 Å². The number of nitrogens with zero attached hydrogens (tertiary/aromatic N) is 2. The molecule has 2 fully saturated rings. The first-order valence-corrected chi connectivity index (χ1v) is 9.96. The van der Waals surface area contributed by atoms with Gasteiger partial charge in [-0.3, -0.25) is 15.6 Å². The summed E-state index contributed by atoms with van der Waals surface area (Å²) in [5.74, 6) is 0.325. The molecule has 1 saturated carbocycles. The Morgan fingerprint density at radius 2 is 2.23 bits per heavy atom. The van der Waals surface area contributed by atoms with E-state index in [1.165, 1.54) is 18.3 Å². The van der Waals surface area contributed by atoms with E-state index < -0.39 is 0 Å². The van der Waals surface area contributed by atoms with Gasteiger partial charge in [0.15, 0.2) is 0 Å². The molecular formula is C17H21ClN6OS. The van der Waals surface area contributed by atoms with Gasteiger partial charge in [0.25, 0.3) is 0 Å². The Morgan fingerprint density at radius 1 is 1.35 bits per heavy atom. The Morgan fingerprint density at radius 3 is 3.08 bits per heavy atom. The number of fused-ring (bicyclic) bond motifs is 1. The van der Waals surface area contributed by atoms with Crippen molar-refractivity contribution in [3.05, 3.63) is 24.3 Å². The molecule has 1 aliphatic heterocycles. The molecule has 138 valence electrons. The maximum absolute atomic E-state index is 11.2. The van der Waals surface area contributed by atoms with Gasteiger partial charge in [0, 0.05) is 42.7 Å². The van der Waals surface area contributed by atoms with Crippen LogP contribution in [0.15, 0.2) is 24.3 Å². The van der Waals surface area contributed by atoms with Gasteiger partial charge in [-0.2, -0.15) is 0 Å². The van der Waals surface area contributed by atoms with Crippen molar-refractivity contribution >= 4 is 39.7 Å². The summed E-state index contributed by atoms with van der Waals surface area (Å²) >= 11 is 8.20. The van der Waals surface area contributed by atoms with Crippen molar-refractivity contribution in [2.75, 3.05) is 17.2 Å². The average molecular weight is 393 g/mol. The highest BCUT2D eigenvalue weighted by molar-refractivity contribution is 7.18. The number of nitrogens with one attached hydrogen (secondary N) is 4. The number of anilines is 2. The van der Waals surface area contributed by atoms with E-state index in [-0.39, 0.29) is 17.3 Å². The van der Waals surface area contributed by atoms with E-state index in [9.17, 15) is 4.79 Å². The number of amides is 1. The van der Waals surface area contributed by atoms with Crippen LogP contribution in [0.2, 0.25) is 0 Å². The van der Waals surface area contributed by atoms with Crippen molar-refractivity contribution in [1.29, 1.82) is 0 Å². The van der Waals surface area contributed by atoms with E-state index in [0.29, 0.717) is 12.0 Å². The molecule has 0 bridgehead atoms. The van der Waals surface area contributed by atoms with Crippen molar-refractivity contribution in [3.63, 3.8) is 0 Å². The molecule has 1 aromatic carbocycles. The highest BCUT2D eigenvalue weighted by Crippen LogP contribution is 2.34. The van der Waals surface area contributed by atoms with Gasteiger partial charge in [-0.25, -0.2) is 0 Å². The SMILES string of the molecule is CC(=O)Nc1cccc(-c2nnc(NC3CCC4NNCC4C3Cl)s2)c1. The largest absolute Gasteiger partial charge is 0.356 e. The minimum absolute atomic E-state index is 0.0479. The zero-order valence-corrected chi connectivity index (χ0v) is 15.9. The number of hydrazine groups is 1. The van der Waals surface area contributed by atoms with E-state index in [1.54, 1.807) is 0 Å². The lowest BCUT2D eigenvalue weighted by atomic mass is 9.82. The summed E-state index contributed by atoms with van der Waals surface area (Å²) in [6.07, 6.45) is 2.08. The van der Waals surface area contributed by atoms with Gasteiger partial charge in [0.1, 0.15) is 5.01 Å². The first-order chi connectivity index (χ1) is 12.6. The van der Waals surface area contributed by atoms with Crippen LogP contribution >= 0.6 is 22.9 Å². The van der Waals surface area contributed by atoms with Gasteiger partial charge in [-0.1, -0.05) is 23.5 Å². The summed E-state index contributed by atoms with van der Waals surface area (Å²) in [6.45, 7) is 2.39. The molecule has 4 atom stereocenters. The van der Waals surface area contributed by atoms with Crippen molar-refractivity contribution in [2.24, 2.45) is 5.92 Å². The van der Waals surface area contributed by atoms with Crippen molar-refractivity contribution < 1.29 is 4.79 Å². The van der Waals surface area contributed by atoms with E-state index in [4.69, 9.17) is 11.6 Å². The van der Waals surface area contributed by atoms with E-state index in [0.717, 1.165) is 40.8 Å². The number of carbonyl (C=O) groups is 1. The maximum Gasteiger partial charge on any atom is 0.221 e. The van der Waals surface area contributed by atoms with Crippen LogP contribution in [0.3, 0.4) is 0 Å². The molecule has 1 aliphatic carbocycles. The second-order valence-electron chi connectivity index (χ2n) is 6.74. The predicted molar refractivity (Wildman–Crippen MR) is 104 cm³/mol. The topological polar surface area (TPSA) is 91.0 Å². The third-order valence-electron chi connectivity index (χ3n) is 4.89. The van der Waals surface area contributed by atoms with Crippen LogP contribution in [0.4, 0.5) is 10.8 Å². The summed E-state index contributed by atoms with van der Waals surface area (Å²) < 4.78 is 0. The number of hydrogen-bond acceptors (Lipinski definition) is 7. The second-order valence-corrected chi connectivity index (χ2v) is 8.22. The van der Waals surface area contributed by atoms with Gasteiger partial charge in [-0.15, -0.1) is 21.8 Å². The molecule has 1 amide bonds. The number of rotatable bonds is 4. The Kier molecular flexibility index (Phi) is 5.08. The molecule has 0 radical (unpaired) electrons. The third-order valence-corrected chi connectivity index (χ3v) is 6.42. The lowest BCUT2D eigenvalue weighted by Gasteiger charge is -2.35. The summed E-state index contributed by atoms with van der Waals surface area (Å²) in [5.41, 5.74) is 8.18. The average Bonchev–Trinajstić information content (AvgIpc) is 3.27. The molecule has 9 heteroatoms. The normalized spacial score (nSPS) is 27.8. The van der Waals surface area contributed by atoms with Crippen molar-refractivity contribution in [2.45, 2.75) is 37.2 Å².